The smallest absolute Gasteiger partial charge is 0.249 e. The van der Waals surface area contributed by atoms with Crippen LogP contribution < -0.4 is 16.0 Å². The molecule has 3 N–H and O–H groups in total. The second-order valence-corrected chi connectivity index (χ2v) is 8.06. The molecule has 3 fully saturated rings. The van der Waals surface area contributed by atoms with E-state index in [1.165, 1.54) is 44.3 Å². The van der Waals surface area contributed by atoms with Gasteiger partial charge in [-0.25, -0.2) is 0 Å². The quantitative estimate of drug-likeness (QED) is 0.706. The van der Waals surface area contributed by atoms with E-state index in [1.807, 2.05) is 0 Å². The van der Waals surface area contributed by atoms with Crippen LogP contribution in [0.25, 0.3) is 0 Å². The summed E-state index contributed by atoms with van der Waals surface area (Å²) in [6, 6.07) is 8.98. The van der Waals surface area contributed by atoms with Gasteiger partial charge >= 0.3 is 0 Å². The molecule has 6 nitrogen and oxygen atoms in total. The molecule has 1 aromatic carbocycles. The summed E-state index contributed by atoms with van der Waals surface area (Å²) in [4.78, 5) is 25.8. The van der Waals surface area contributed by atoms with E-state index in [9.17, 15) is 9.59 Å². The van der Waals surface area contributed by atoms with E-state index in [0.29, 0.717) is 18.8 Å². The first kappa shape index (κ1) is 18.4. The molecule has 2 amide bonds. The maximum Gasteiger partial charge on any atom is 0.249 e. The Balaban J connectivity index is 1.29. The second-order valence-electron chi connectivity index (χ2n) is 8.06. The fourth-order valence-corrected chi connectivity index (χ4v) is 4.65. The number of imide groups is 1. The van der Waals surface area contributed by atoms with Gasteiger partial charge < -0.3 is 15.5 Å². The number of hydrogen-bond acceptors (Lipinski definition) is 5. The Kier molecular flexibility index (Phi) is 5.74. The van der Waals surface area contributed by atoms with E-state index in [-0.39, 0.29) is 17.9 Å². The summed E-state index contributed by atoms with van der Waals surface area (Å²) in [6.07, 6.45) is 5.98. The highest BCUT2D eigenvalue weighted by Crippen LogP contribution is 2.31. The van der Waals surface area contributed by atoms with Crippen LogP contribution in [0.15, 0.2) is 24.3 Å². The second kappa shape index (κ2) is 8.40. The number of nitrogens with one attached hydrogen (secondary N) is 3. The number of nitrogens with zero attached hydrogens (tertiary/aromatic N) is 1. The number of carbonyl (C=O) groups is 2. The SMILES string of the molecule is O=C1CCC(Nc2ccc(C3CCN(C4CCNCC4)CC3)cc2)C(=O)N1. The average molecular weight is 370 g/mol. The van der Waals surface area contributed by atoms with Crippen LogP contribution in [0.3, 0.4) is 0 Å². The third-order valence-electron chi connectivity index (χ3n) is 6.32. The summed E-state index contributed by atoms with van der Waals surface area (Å²) < 4.78 is 0. The van der Waals surface area contributed by atoms with Crippen LogP contribution in [-0.4, -0.2) is 55.0 Å². The van der Waals surface area contributed by atoms with E-state index < -0.39 is 0 Å². The van der Waals surface area contributed by atoms with Gasteiger partial charge in [0.2, 0.25) is 11.8 Å². The van der Waals surface area contributed by atoms with Gasteiger partial charge in [-0.15, -0.1) is 0 Å². The molecule has 146 valence electrons. The molecule has 4 rings (SSSR count). The molecule has 3 aliphatic rings. The molecule has 6 heteroatoms. The zero-order chi connectivity index (χ0) is 18.6. The molecule has 3 saturated heterocycles. The Morgan fingerprint density at radius 2 is 1.63 bits per heavy atom. The van der Waals surface area contributed by atoms with Crippen LogP contribution >= 0.6 is 0 Å². The van der Waals surface area contributed by atoms with Gasteiger partial charge in [-0.05, 0) is 81.9 Å². The van der Waals surface area contributed by atoms with E-state index in [0.717, 1.165) is 24.8 Å². The first-order valence-electron chi connectivity index (χ1n) is 10.3. The van der Waals surface area contributed by atoms with Gasteiger partial charge in [-0.1, -0.05) is 12.1 Å². The maximum absolute atomic E-state index is 11.9. The topological polar surface area (TPSA) is 73.5 Å². The largest absolute Gasteiger partial charge is 0.374 e. The number of hydrogen-bond donors (Lipinski definition) is 3. The van der Waals surface area contributed by atoms with Gasteiger partial charge in [0.1, 0.15) is 6.04 Å². The van der Waals surface area contributed by atoms with Gasteiger partial charge in [-0.2, -0.15) is 0 Å². The minimum atomic E-state index is -0.318. The van der Waals surface area contributed by atoms with E-state index in [1.54, 1.807) is 0 Å². The van der Waals surface area contributed by atoms with E-state index in [2.05, 4.69) is 45.1 Å². The normalized spacial score (nSPS) is 26.0. The molecule has 1 aromatic rings. The maximum atomic E-state index is 11.9. The monoisotopic (exact) mass is 370 g/mol. The molecule has 1 unspecified atom stereocenters. The van der Waals surface area contributed by atoms with Gasteiger partial charge in [0.05, 0.1) is 0 Å². The number of piperidine rings is 3. The van der Waals surface area contributed by atoms with Gasteiger partial charge in [0.15, 0.2) is 0 Å². The molecular weight excluding hydrogens is 340 g/mol. The highest BCUT2D eigenvalue weighted by molar-refractivity contribution is 6.01. The minimum absolute atomic E-state index is 0.177. The molecule has 0 saturated carbocycles. The summed E-state index contributed by atoms with van der Waals surface area (Å²) in [5, 5.41) is 9.10. The molecule has 0 aliphatic carbocycles. The number of benzene rings is 1. The fraction of sp³-hybridized carbons (Fsp3) is 0.619. The third-order valence-corrected chi connectivity index (χ3v) is 6.32. The van der Waals surface area contributed by atoms with Crippen LogP contribution in [0.4, 0.5) is 5.69 Å². The summed E-state index contributed by atoms with van der Waals surface area (Å²) >= 11 is 0. The van der Waals surface area contributed by atoms with Crippen molar-refractivity contribution in [1.29, 1.82) is 0 Å². The lowest BCUT2D eigenvalue weighted by atomic mass is 9.88. The summed E-state index contributed by atoms with van der Waals surface area (Å²) in [5.74, 6) is 0.234. The van der Waals surface area contributed by atoms with Crippen LogP contribution in [0.2, 0.25) is 0 Å². The minimum Gasteiger partial charge on any atom is -0.374 e. The Bertz CT molecular complexity index is 661. The van der Waals surface area contributed by atoms with Crippen LogP contribution in [0, 0.1) is 0 Å². The third kappa shape index (κ3) is 4.50. The molecule has 0 radical (unpaired) electrons. The zero-order valence-electron chi connectivity index (χ0n) is 15.9. The lowest BCUT2D eigenvalue weighted by molar-refractivity contribution is -0.133. The van der Waals surface area contributed by atoms with Crippen molar-refractivity contribution >= 4 is 17.5 Å². The predicted octanol–water partition coefficient (Wildman–Crippen LogP) is 1.84. The molecule has 0 bridgehead atoms. The summed E-state index contributed by atoms with van der Waals surface area (Å²) in [6.45, 7) is 4.72. The molecular formula is C21H30N4O2. The number of likely N-dealkylation sites (tertiary alicyclic amines) is 1. The molecule has 3 heterocycles. The lowest BCUT2D eigenvalue weighted by Crippen LogP contribution is -2.47. The number of rotatable bonds is 4. The zero-order valence-corrected chi connectivity index (χ0v) is 15.9. The lowest BCUT2D eigenvalue weighted by Gasteiger charge is -2.39. The Hall–Kier alpha value is -1.92. The van der Waals surface area contributed by atoms with Crippen molar-refractivity contribution in [2.24, 2.45) is 0 Å². The fourth-order valence-electron chi connectivity index (χ4n) is 4.65. The van der Waals surface area contributed by atoms with Crippen LogP contribution in [0.1, 0.15) is 50.0 Å². The first-order valence-corrected chi connectivity index (χ1v) is 10.3. The van der Waals surface area contributed by atoms with Crippen molar-refractivity contribution in [2.75, 3.05) is 31.5 Å². The Morgan fingerprint density at radius 1 is 0.926 bits per heavy atom. The van der Waals surface area contributed by atoms with Gasteiger partial charge in [0, 0.05) is 18.2 Å². The van der Waals surface area contributed by atoms with Gasteiger partial charge in [0.25, 0.3) is 0 Å². The Labute approximate surface area is 161 Å². The standard InChI is InChI=1S/C21H30N4O2/c26-20-6-5-19(21(27)24-20)23-17-3-1-15(2-4-17)16-9-13-25(14-10-16)18-7-11-22-12-8-18/h1-4,16,18-19,22-23H,5-14H2,(H,24,26,27). The average Bonchev–Trinajstić information content (AvgIpc) is 2.71. The number of amides is 2. The molecule has 3 aliphatic heterocycles. The highest BCUT2D eigenvalue weighted by atomic mass is 16.2. The number of anilines is 1. The Morgan fingerprint density at radius 3 is 2.30 bits per heavy atom. The van der Waals surface area contributed by atoms with E-state index in [4.69, 9.17) is 0 Å². The molecule has 27 heavy (non-hydrogen) atoms. The van der Waals surface area contributed by atoms with Crippen molar-refractivity contribution in [3.05, 3.63) is 29.8 Å². The highest BCUT2D eigenvalue weighted by Gasteiger charge is 2.28. The number of carbonyl (C=O) groups excluding carboxylic acids is 2. The van der Waals surface area contributed by atoms with Crippen LogP contribution in [-0.2, 0) is 9.59 Å². The summed E-state index contributed by atoms with van der Waals surface area (Å²) in [5.41, 5.74) is 2.34. The summed E-state index contributed by atoms with van der Waals surface area (Å²) in [7, 11) is 0. The van der Waals surface area contributed by atoms with Crippen molar-refractivity contribution < 1.29 is 9.59 Å². The molecule has 0 aromatic heterocycles. The predicted molar refractivity (Wildman–Crippen MR) is 106 cm³/mol. The molecule has 1 atom stereocenters. The van der Waals surface area contributed by atoms with E-state index >= 15 is 0 Å². The molecule has 0 spiro atoms. The van der Waals surface area contributed by atoms with Gasteiger partial charge in [-0.3, -0.25) is 14.9 Å². The van der Waals surface area contributed by atoms with Crippen molar-refractivity contribution in [2.45, 2.75) is 56.5 Å². The van der Waals surface area contributed by atoms with Crippen molar-refractivity contribution in [3.63, 3.8) is 0 Å². The first-order chi connectivity index (χ1) is 13.2. The van der Waals surface area contributed by atoms with Crippen LogP contribution in [0.5, 0.6) is 0 Å². The van der Waals surface area contributed by atoms with Crippen molar-refractivity contribution in [1.82, 2.24) is 15.5 Å². The van der Waals surface area contributed by atoms with Crippen molar-refractivity contribution in [3.8, 4) is 0 Å².